The molecular weight excluding hydrogens is 306 g/mol. The van der Waals surface area contributed by atoms with Crippen LogP contribution in [0.15, 0.2) is 6.20 Å². The van der Waals surface area contributed by atoms with Gasteiger partial charge in [-0.3, -0.25) is 4.68 Å². The van der Waals surface area contributed by atoms with Crippen molar-refractivity contribution in [2.24, 2.45) is 7.05 Å². The van der Waals surface area contributed by atoms with Crippen molar-refractivity contribution in [1.29, 1.82) is 0 Å². The molecule has 8 nitrogen and oxygen atoms in total. The Kier molecular flexibility index (Phi) is 5.47. The van der Waals surface area contributed by atoms with E-state index in [0.717, 1.165) is 69.2 Å². The molecule has 24 heavy (non-hydrogen) atoms. The summed E-state index contributed by atoms with van der Waals surface area (Å²) in [6.45, 7) is 8.35. The normalized spacial score (nSPS) is 16.0. The van der Waals surface area contributed by atoms with Gasteiger partial charge in [-0.2, -0.15) is 15.1 Å². The first-order valence-corrected chi connectivity index (χ1v) is 8.64. The number of aromatic nitrogens is 4. The number of nitrogens with one attached hydrogen (secondary N) is 1. The second kappa shape index (κ2) is 7.76. The Labute approximate surface area is 142 Å². The predicted molar refractivity (Wildman–Crippen MR) is 95.6 cm³/mol. The van der Waals surface area contributed by atoms with E-state index in [0.29, 0.717) is 5.95 Å². The lowest BCUT2D eigenvalue weighted by molar-refractivity contribution is 0.147. The number of hydrogen-bond donors (Lipinski definition) is 1. The first-order valence-electron chi connectivity index (χ1n) is 8.64. The highest BCUT2D eigenvalue weighted by atomic mass is 16.5. The Morgan fingerprint density at radius 1 is 1.17 bits per heavy atom. The summed E-state index contributed by atoms with van der Waals surface area (Å²) in [6, 6.07) is 0. The number of rotatable bonds is 7. The van der Waals surface area contributed by atoms with Crippen LogP contribution in [0.2, 0.25) is 0 Å². The van der Waals surface area contributed by atoms with Crippen molar-refractivity contribution in [2.45, 2.75) is 13.3 Å². The van der Waals surface area contributed by atoms with E-state index >= 15 is 0 Å². The summed E-state index contributed by atoms with van der Waals surface area (Å²) in [5.41, 5.74) is 0.867. The quantitative estimate of drug-likeness (QED) is 0.757. The number of fused-ring (bicyclic) bond motifs is 1. The van der Waals surface area contributed by atoms with Gasteiger partial charge in [0.1, 0.15) is 5.82 Å². The second-order valence-corrected chi connectivity index (χ2v) is 6.14. The molecule has 0 saturated carbocycles. The van der Waals surface area contributed by atoms with E-state index in [1.54, 1.807) is 0 Å². The lowest BCUT2D eigenvalue weighted by atomic mass is 10.3. The fourth-order valence-electron chi connectivity index (χ4n) is 2.86. The van der Waals surface area contributed by atoms with Gasteiger partial charge in [-0.15, -0.1) is 0 Å². The molecule has 1 fully saturated rings. The van der Waals surface area contributed by atoms with E-state index in [1.165, 1.54) is 0 Å². The van der Waals surface area contributed by atoms with Crippen LogP contribution >= 0.6 is 0 Å². The molecule has 3 rings (SSSR count). The van der Waals surface area contributed by atoms with Crippen LogP contribution in [0.25, 0.3) is 11.0 Å². The van der Waals surface area contributed by atoms with Crippen molar-refractivity contribution in [2.75, 3.05) is 63.2 Å². The van der Waals surface area contributed by atoms with Crippen LogP contribution in [0.3, 0.4) is 0 Å². The lowest BCUT2D eigenvalue weighted by Gasteiger charge is -2.33. The molecule has 1 saturated heterocycles. The highest BCUT2D eigenvalue weighted by Crippen LogP contribution is 2.25. The van der Waals surface area contributed by atoms with Crippen LogP contribution in [-0.2, 0) is 11.8 Å². The molecule has 0 bridgehead atoms. The third-order valence-corrected chi connectivity index (χ3v) is 4.33. The van der Waals surface area contributed by atoms with Crippen LogP contribution in [0.4, 0.5) is 11.8 Å². The zero-order chi connectivity index (χ0) is 16.9. The minimum absolute atomic E-state index is 0.663. The highest BCUT2D eigenvalue weighted by molar-refractivity contribution is 5.88. The van der Waals surface area contributed by atoms with Crippen molar-refractivity contribution < 1.29 is 4.74 Å². The van der Waals surface area contributed by atoms with Crippen LogP contribution in [0, 0.1) is 0 Å². The molecule has 0 aromatic carbocycles. The summed E-state index contributed by atoms with van der Waals surface area (Å²) in [5, 5.41) is 8.69. The summed E-state index contributed by atoms with van der Waals surface area (Å²) in [4.78, 5) is 14.1. The molecule has 1 N–H and O–H groups in total. The molecule has 0 unspecified atom stereocenters. The summed E-state index contributed by atoms with van der Waals surface area (Å²) in [7, 11) is 4.07. The van der Waals surface area contributed by atoms with Crippen molar-refractivity contribution in [3.63, 3.8) is 0 Å². The molecule has 2 aromatic rings. The average Bonchev–Trinajstić information content (AvgIpc) is 2.96. The van der Waals surface area contributed by atoms with E-state index in [1.807, 2.05) is 24.9 Å². The summed E-state index contributed by atoms with van der Waals surface area (Å²) < 4.78 is 7.18. The van der Waals surface area contributed by atoms with Crippen LogP contribution < -0.4 is 10.2 Å². The number of piperazine rings is 1. The molecule has 1 aliphatic heterocycles. The van der Waals surface area contributed by atoms with Gasteiger partial charge in [-0.25, -0.2) is 0 Å². The van der Waals surface area contributed by atoms with Crippen LogP contribution in [0.5, 0.6) is 0 Å². The van der Waals surface area contributed by atoms with Crippen LogP contribution in [-0.4, -0.2) is 77.6 Å². The van der Waals surface area contributed by atoms with Gasteiger partial charge in [0.15, 0.2) is 5.65 Å². The lowest BCUT2D eigenvalue weighted by Crippen LogP contribution is -2.45. The molecule has 2 aromatic heterocycles. The third-order valence-electron chi connectivity index (χ3n) is 4.33. The zero-order valence-electron chi connectivity index (χ0n) is 14.8. The van der Waals surface area contributed by atoms with E-state index in [9.17, 15) is 0 Å². The summed E-state index contributed by atoms with van der Waals surface area (Å²) >= 11 is 0. The molecule has 3 heterocycles. The van der Waals surface area contributed by atoms with E-state index in [-0.39, 0.29) is 0 Å². The summed E-state index contributed by atoms with van der Waals surface area (Å²) in [5.74, 6) is 1.64. The molecule has 0 amide bonds. The number of nitrogens with zero attached hydrogens (tertiary/aromatic N) is 6. The minimum Gasteiger partial charge on any atom is -0.382 e. The molecule has 132 valence electrons. The van der Waals surface area contributed by atoms with Gasteiger partial charge >= 0.3 is 0 Å². The number of likely N-dealkylation sites (N-methyl/N-ethyl adjacent to an activating group) is 1. The Hall–Kier alpha value is -1.93. The molecule has 8 heteroatoms. The topological polar surface area (TPSA) is 71.3 Å². The molecule has 0 radical (unpaired) electrons. The fraction of sp³-hybridized carbons (Fsp3) is 0.688. The molecule has 0 aliphatic carbocycles. The van der Waals surface area contributed by atoms with E-state index < -0.39 is 0 Å². The zero-order valence-corrected chi connectivity index (χ0v) is 14.8. The maximum Gasteiger partial charge on any atom is 0.226 e. The molecule has 0 atom stereocenters. The molecule has 0 spiro atoms. The van der Waals surface area contributed by atoms with Gasteiger partial charge in [-0.05, 0) is 20.4 Å². The van der Waals surface area contributed by atoms with Gasteiger partial charge in [-0.1, -0.05) is 0 Å². The third kappa shape index (κ3) is 3.76. The number of ether oxygens (including phenoxy) is 1. The van der Waals surface area contributed by atoms with Gasteiger partial charge in [0.25, 0.3) is 0 Å². The standard InChI is InChI=1S/C16H27N7O/c1-4-24-11-5-6-17-16-19-14-13(12-18-22(14)3)15(20-16)23-9-7-21(2)8-10-23/h12H,4-11H2,1-3H3,(H,17,19,20). The first-order chi connectivity index (χ1) is 11.7. The first kappa shape index (κ1) is 16.9. The van der Waals surface area contributed by atoms with Crippen molar-refractivity contribution in [3.8, 4) is 0 Å². The largest absolute Gasteiger partial charge is 0.382 e. The highest BCUT2D eigenvalue weighted by Gasteiger charge is 2.20. The Balaban J connectivity index is 1.78. The Morgan fingerprint density at radius 2 is 1.96 bits per heavy atom. The Morgan fingerprint density at radius 3 is 2.71 bits per heavy atom. The summed E-state index contributed by atoms with van der Waals surface area (Å²) in [6.07, 6.45) is 2.80. The second-order valence-electron chi connectivity index (χ2n) is 6.14. The smallest absolute Gasteiger partial charge is 0.226 e. The maximum atomic E-state index is 5.37. The molecular formula is C16H27N7O. The van der Waals surface area contributed by atoms with Crippen molar-refractivity contribution in [1.82, 2.24) is 24.6 Å². The SMILES string of the molecule is CCOCCCNc1nc(N2CCN(C)CC2)c2cnn(C)c2n1. The number of aryl methyl sites for hydroxylation is 1. The van der Waals surface area contributed by atoms with Crippen LogP contribution in [0.1, 0.15) is 13.3 Å². The number of anilines is 2. The van der Waals surface area contributed by atoms with E-state index in [4.69, 9.17) is 9.72 Å². The average molecular weight is 333 g/mol. The van der Waals surface area contributed by atoms with Gasteiger partial charge in [0.2, 0.25) is 5.95 Å². The van der Waals surface area contributed by atoms with Crippen molar-refractivity contribution in [3.05, 3.63) is 6.20 Å². The minimum atomic E-state index is 0.663. The fourth-order valence-corrected chi connectivity index (χ4v) is 2.86. The monoisotopic (exact) mass is 333 g/mol. The Bertz CT molecular complexity index is 664. The molecule has 1 aliphatic rings. The van der Waals surface area contributed by atoms with Gasteiger partial charge in [0, 0.05) is 53.0 Å². The maximum absolute atomic E-state index is 5.37. The van der Waals surface area contributed by atoms with E-state index in [2.05, 4.69) is 32.2 Å². The van der Waals surface area contributed by atoms with Crippen molar-refractivity contribution >= 4 is 22.8 Å². The number of hydrogen-bond acceptors (Lipinski definition) is 7. The predicted octanol–water partition coefficient (Wildman–Crippen LogP) is 0.954. The van der Waals surface area contributed by atoms with Gasteiger partial charge < -0.3 is 19.9 Å². The van der Waals surface area contributed by atoms with Gasteiger partial charge in [0.05, 0.1) is 11.6 Å².